The molecule has 2 rings (SSSR count). The number of carbonyl (C=O) groups is 1. The van der Waals surface area contributed by atoms with E-state index in [1.165, 1.54) is 0 Å². The summed E-state index contributed by atoms with van der Waals surface area (Å²) in [5.74, 6) is -0.283. The number of ketones is 1. The number of hydrogen-bond acceptors (Lipinski definition) is 4. The van der Waals surface area contributed by atoms with E-state index >= 15 is 0 Å². The third-order valence-corrected chi connectivity index (χ3v) is 4.62. The molecule has 1 aromatic heterocycles. The fourth-order valence-electron chi connectivity index (χ4n) is 2.21. The Balaban J connectivity index is 2.67. The van der Waals surface area contributed by atoms with Gasteiger partial charge < -0.3 is 9.32 Å². The van der Waals surface area contributed by atoms with Crippen LogP contribution in [0.4, 0.5) is 5.69 Å². The van der Waals surface area contributed by atoms with Gasteiger partial charge in [-0.2, -0.15) is 0 Å². The van der Waals surface area contributed by atoms with Crippen LogP contribution in [-0.2, 0) is 0 Å². The van der Waals surface area contributed by atoms with Crippen molar-refractivity contribution >= 4 is 54.3 Å². The van der Waals surface area contributed by atoms with Gasteiger partial charge >= 0.3 is 5.63 Å². The van der Waals surface area contributed by atoms with Gasteiger partial charge in [-0.15, -0.1) is 0 Å². The summed E-state index contributed by atoms with van der Waals surface area (Å²) in [5, 5.41) is 0.823. The maximum atomic E-state index is 12.0. The normalized spacial score (nSPS) is 10.9. The third-order valence-electron chi connectivity index (χ3n) is 3.35. The summed E-state index contributed by atoms with van der Waals surface area (Å²) in [4.78, 5) is 25.8. The standard InChI is InChI=1S/C15H15Br2NO3/c1-3-18(4-2)11-6-5-9-7-10(12(19)8-16)15(20)21-14(9)13(11)17/h5-7H,3-4,8H2,1-2H3. The van der Waals surface area contributed by atoms with Gasteiger partial charge in [0, 0.05) is 18.5 Å². The fourth-order valence-corrected chi connectivity index (χ4v) is 3.21. The Bertz CT molecular complexity index is 736. The second kappa shape index (κ2) is 6.75. The molecule has 112 valence electrons. The summed E-state index contributed by atoms with van der Waals surface area (Å²) in [6.07, 6.45) is 0. The zero-order chi connectivity index (χ0) is 15.6. The van der Waals surface area contributed by atoms with Gasteiger partial charge in [0.2, 0.25) is 0 Å². The van der Waals surface area contributed by atoms with Gasteiger partial charge in [-0.25, -0.2) is 4.79 Å². The lowest BCUT2D eigenvalue weighted by Crippen LogP contribution is -2.22. The summed E-state index contributed by atoms with van der Waals surface area (Å²) < 4.78 is 6.09. The molecule has 0 atom stereocenters. The summed E-state index contributed by atoms with van der Waals surface area (Å²) >= 11 is 6.58. The molecule has 1 aromatic carbocycles. The van der Waals surface area contributed by atoms with Gasteiger partial charge in [0.05, 0.1) is 15.5 Å². The van der Waals surface area contributed by atoms with E-state index in [0.717, 1.165) is 28.6 Å². The first-order valence-electron chi connectivity index (χ1n) is 6.63. The van der Waals surface area contributed by atoms with Gasteiger partial charge in [0.1, 0.15) is 5.56 Å². The van der Waals surface area contributed by atoms with E-state index in [0.29, 0.717) is 5.58 Å². The molecule has 21 heavy (non-hydrogen) atoms. The minimum absolute atomic E-state index is 0.0712. The summed E-state index contributed by atoms with van der Waals surface area (Å²) in [5.41, 5.74) is 0.900. The average molecular weight is 417 g/mol. The van der Waals surface area contributed by atoms with Gasteiger partial charge in [-0.1, -0.05) is 15.9 Å². The molecule has 2 aromatic rings. The monoisotopic (exact) mass is 415 g/mol. The first-order valence-corrected chi connectivity index (χ1v) is 8.55. The van der Waals surface area contributed by atoms with Gasteiger partial charge in [-0.3, -0.25) is 4.79 Å². The number of fused-ring (bicyclic) bond motifs is 1. The van der Waals surface area contributed by atoms with E-state index in [9.17, 15) is 9.59 Å². The maximum Gasteiger partial charge on any atom is 0.347 e. The Kier molecular flexibility index (Phi) is 5.22. The smallest absolute Gasteiger partial charge is 0.347 e. The molecule has 0 saturated carbocycles. The lowest BCUT2D eigenvalue weighted by Gasteiger charge is -2.22. The highest BCUT2D eigenvalue weighted by atomic mass is 79.9. The SMILES string of the molecule is CCN(CC)c1ccc2cc(C(=O)CBr)c(=O)oc2c1Br. The van der Waals surface area contributed by atoms with Crippen LogP contribution in [0.25, 0.3) is 11.0 Å². The molecular weight excluding hydrogens is 402 g/mol. The molecule has 0 aliphatic carbocycles. The van der Waals surface area contributed by atoms with Crippen molar-refractivity contribution in [2.75, 3.05) is 23.3 Å². The van der Waals surface area contributed by atoms with Crippen molar-refractivity contribution in [3.8, 4) is 0 Å². The molecule has 0 unspecified atom stereocenters. The van der Waals surface area contributed by atoms with Crippen molar-refractivity contribution in [2.24, 2.45) is 0 Å². The van der Waals surface area contributed by atoms with Gasteiger partial charge in [0.25, 0.3) is 0 Å². The van der Waals surface area contributed by atoms with Gasteiger partial charge in [-0.05, 0) is 48.0 Å². The number of Topliss-reactive ketones (excluding diaryl/α,β-unsaturated/α-hetero) is 1. The molecule has 0 N–H and O–H groups in total. The number of benzene rings is 1. The Morgan fingerprint density at radius 1 is 1.29 bits per heavy atom. The zero-order valence-electron chi connectivity index (χ0n) is 11.8. The number of anilines is 1. The van der Waals surface area contributed by atoms with E-state index in [1.54, 1.807) is 6.07 Å². The van der Waals surface area contributed by atoms with Crippen molar-refractivity contribution in [2.45, 2.75) is 13.8 Å². The molecule has 0 bridgehead atoms. The van der Waals surface area contributed by atoms with E-state index in [-0.39, 0.29) is 16.7 Å². The molecule has 6 heteroatoms. The molecular formula is C15H15Br2NO3. The Labute approximate surface area is 139 Å². The second-order valence-electron chi connectivity index (χ2n) is 4.49. The van der Waals surface area contributed by atoms with Crippen LogP contribution in [0.1, 0.15) is 24.2 Å². The average Bonchev–Trinajstić information content (AvgIpc) is 2.50. The quantitative estimate of drug-likeness (QED) is 0.420. The zero-order valence-corrected chi connectivity index (χ0v) is 15.0. The molecule has 0 radical (unpaired) electrons. The van der Waals surface area contributed by atoms with Crippen LogP contribution < -0.4 is 10.5 Å². The van der Waals surface area contributed by atoms with Crippen LogP contribution in [0.15, 0.2) is 31.9 Å². The van der Waals surface area contributed by atoms with Crippen molar-refractivity contribution in [1.29, 1.82) is 0 Å². The van der Waals surface area contributed by atoms with Crippen LogP contribution in [0, 0.1) is 0 Å². The molecule has 0 amide bonds. The van der Waals surface area contributed by atoms with E-state index in [2.05, 4.69) is 50.6 Å². The lowest BCUT2D eigenvalue weighted by atomic mass is 10.1. The lowest BCUT2D eigenvalue weighted by molar-refractivity contribution is 0.102. The molecule has 4 nitrogen and oxygen atoms in total. The van der Waals surface area contributed by atoms with E-state index in [1.807, 2.05) is 12.1 Å². The number of halogens is 2. The van der Waals surface area contributed by atoms with Crippen LogP contribution in [0.2, 0.25) is 0 Å². The Morgan fingerprint density at radius 3 is 2.52 bits per heavy atom. The molecule has 0 aliphatic rings. The van der Waals surface area contributed by atoms with E-state index < -0.39 is 5.63 Å². The van der Waals surface area contributed by atoms with Crippen molar-refractivity contribution in [1.82, 2.24) is 0 Å². The number of nitrogens with zero attached hydrogens (tertiary/aromatic N) is 1. The third kappa shape index (κ3) is 3.06. The van der Waals surface area contributed by atoms with E-state index in [4.69, 9.17) is 4.42 Å². The predicted molar refractivity (Wildman–Crippen MR) is 91.9 cm³/mol. The molecule has 1 heterocycles. The Morgan fingerprint density at radius 2 is 1.95 bits per heavy atom. The summed E-state index contributed by atoms with van der Waals surface area (Å²) in [6.45, 7) is 5.83. The largest absolute Gasteiger partial charge is 0.421 e. The number of alkyl halides is 1. The molecule has 0 fully saturated rings. The minimum atomic E-state index is -0.607. The van der Waals surface area contributed by atoms with Crippen molar-refractivity contribution in [3.63, 3.8) is 0 Å². The maximum absolute atomic E-state index is 12.0. The predicted octanol–water partition coefficient (Wildman–Crippen LogP) is 3.98. The summed E-state index contributed by atoms with van der Waals surface area (Å²) in [7, 11) is 0. The molecule has 0 aliphatic heterocycles. The fraction of sp³-hybridized carbons (Fsp3) is 0.333. The molecule has 0 spiro atoms. The highest BCUT2D eigenvalue weighted by Crippen LogP contribution is 2.33. The van der Waals surface area contributed by atoms with Gasteiger partial charge in [0.15, 0.2) is 11.4 Å². The molecule has 0 saturated heterocycles. The second-order valence-corrected chi connectivity index (χ2v) is 5.85. The number of carbonyl (C=O) groups excluding carboxylic acids is 1. The number of hydrogen-bond donors (Lipinski definition) is 0. The first-order chi connectivity index (χ1) is 10.0. The Hall–Kier alpha value is -1.14. The van der Waals surface area contributed by atoms with Crippen molar-refractivity contribution in [3.05, 3.63) is 38.7 Å². The highest BCUT2D eigenvalue weighted by molar-refractivity contribution is 9.10. The van der Waals surface area contributed by atoms with Crippen molar-refractivity contribution < 1.29 is 9.21 Å². The van der Waals surface area contributed by atoms with Crippen LogP contribution in [-0.4, -0.2) is 24.2 Å². The van der Waals surface area contributed by atoms with Crippen LogP contribution in [0.5, 0.6) is 0 Å². The first kappa shape index (κ1) is 16.2. The summed E-state index contributed by atoms with van der Waals surface area (Å²) in [6, 6.07) is 5.41. The topological polar surface area (TPSA) is 50.5 Å². The minimum Gasteiger partial charge on any atom is -0.421 e. The van der Waals surface area contributed by atoms with Crippen LogP contribution in [0.3, 0.4) is 0 Å². The number of rotatable bonds is 5. The highest BCUT2D eigenvalue weighted by Gasteiger charge is 2.16. The van der Waals surface area contributed by atoms with Crippen LogP contribution >= 0.6 is 31.9 Å².